The van der Waals surface area contributed by atoms with E-state index in [4.69, 9.17) is 0 Å². The lowest BCUT2D eigenvalue weighted by atomic mass is 9.98. The molecule has 7 heteroatoms. The third kappa shape index (κ3) is 3.06. The zero-order valence-electron chi connectivity index (χ0n) is 12.9. The predicted molar refractivity (Wildman–Crippen MR) is 88.3 cm³/mol. The van der Waals surface area contributed by atoms with Gasteiger partial charge in [-0.15, -0.1) is 11.8 Å². The number of carbonyl (C=O) groups is 3. The first-order valence-corrected chi connectivity index (χ1v) is 8.84. The van der Waals surface area contributed by atoms with E-state index < -0.39 is 11.6 Å². The minimum absolute atomic E-state index is 0.254. The molecule has 0 atom stereocenters. The number of anilines is 1. The molecule has 122 valence electrons. The Hall–Kier alpha value is -2.02. The smallest absolute Gasteiger partial charge is 0.324 e. The molecule has 2 aliphatic rings. The summed E-state index contributed by atoms with van der Waals surface area (Å²) in [7, 11) is 0. The van der Waals surface area contributed by atoms with Crippen molar-refractivity contribution >= 4 is 35.3 Å². The first-order chi connectivity index (χ1) is 11.0. The van der Waals surface area contributed by atoms with Crippen LogP contribution in [0.1, 0.15) is 25.7 Å². The van der Waals surface area contributed by atoms with Gasteiger partial charge >= 0.3 is 6.03 Å². The van der Waals surface area contributed by atoms with E-state index in [1.54, 1.807) is 17.8 Å². The summed E-state index contributed by atoms with van der Waals surface area (Å²) < 4.78 is 0. The van der Waals surface area contributed by atoms with Gasteiger partial charge in [0.2, 0.25) is 5.91 Å². The highest BCUT2D eigenvalue weighted by Gasteiger charge is 2.52. The van der Waals surface area contributed by atoms with Crippen LogP contribution in [0.3, 0.4) is 0 Å². The summed E-state index contributed by atoms with van der Waals surface area (Å²) in [5.74, 6) is -0.644. The van der Waals surface area contributed by atoms with Crippen molar-refractivity contribution in [2.24, 2.45) is 0 Å². The second kappa shape index (κ2) is 6.23. The van der Waals surface area contributed by atoms with Crippen molar-refractivity contribution in [3.05, 3.63) is 24.3 Å². The molecule has 1 aliphatic carbocycles. The van der Waals surface area contributed by atoms with Gasteiger partial charge in [0.15, 0.2) is 0 Å². The second-order valence-corrected chi connectivity index (χ2v) is 6.77. The van der Waals surface area contributed by atoms with Gasteiger partial charge in [0, 0.05) is 10.6 Å². The summed E-state index contributed by atoms with van der Waals surface area (Å²) in [6.45, 7) is -0.254. The number of nitrogens with zero attached hydrogens (tertiary/aromatic N) is 1. The minimum Gasteiger partial charge on any atom is -0.324 e. The van der Waals surface area contributed by atoms with E-state index in [0.29, 0.717) is 18.5 Å². The minimum atomic E-state index is -0.768. The number of hydrogen-bond acceptors (Lipinski definition) is 4. The molecule has 1 aromatic rings. The highest BCUT2D eigenvalue weighted by atomic mass is 32.2. The van der Waals surface area contributed by atoms with Crippen molar-refractivity contribution < 1.29 is 14.4 Å². The van der Waals surface area contributed by atoms with Crippen molar-refractivity contribution in [1.29, 1.82) is 0 Å². The molecule has 0 radical (unpaired) electrons. The normalized spacial score (nSPS) is 19.3. The van der Waals surface area contributed by atoms with Crippen LogP contribution in [-0.2, 0) is 9.59 Å². The van der Waals surface area contributed by atoms with Crippen LogP contribution in [0, 0.1) is 0 Å². The van der Waals surface area contributed by atoms with Gasteiger partial charge in [-0.05, 0) is 37.3 Å². The van der Waals surface area contributed by atoms with E-state index in [2.05, 4.69) is 10.6 Å². The van der Waals surface area contributed by atoms with E-state index in [1.165, 1.54) is 0 Å². The fourth-order valence-electron chi connectivity index (χ4n) is 3.18. The Balaban J connectivity index is 1.65. The predicted octanol–water partition coefficient (Wildman–Crippen LogP) is 2.21. The molecule has 1 aliphatic heterocycles. The van der Waals surface area contributed by atoms with Gasteiger partial charge < -0.3 is 10.6 Å². The summed E-state index contributed by atoms with van der Waals surface area (Å²) >= 11 is 1.58. The second-order valence-electron chi connectivity index (χ2n) is 5.89. The molecular formula is C16H19N3O3S. The first kappa shape index (κ1) is 15.9. The van der Waals surface area contributed by atoms with E-state index in [0.717, 1.165) is 22.6 Å². The van der Waals surface area contributed by atoms with Crippen LogP contribution < -0.4 is 10.6 Å². The summed E-state index contributed by atoms with van der Waals surface area (Å²) in [5.41, 5.74) is -0.111. The fraction of sp³-hybridized carbons (Fsp3) is 0.438. The summed E-state index contributed by atoms with van der Waals surface area (Å²) in [5, 5.41) is 5.51. The van der Waals surface area contributed by atoms with Crippen LogP contribution in [0.4, 0.5) is 10.5 Å². The molecule has 0 aromatic heterocycles. The van der Waals surface area contributed by atoms with Crippen LogP contribution in [0.25, 0.3) is 0 Å². The fourth-order valence-corrected chi connectivity index (χ4v) is 3.64. The van der Waals surface area contributed by atoms with Gasteiger partial charge in [-0.25, -0.2) is 4.79 Å². The van der Waals surface area contributed by atoms with Gasteiger partial charge in [-0.3, -0.25) is 14.5 Å². The summed E-state index contributed by atoms with van der Waals surface area (Å²) in [4.78, 5) is 38.8. The Morgan fingerprint density at radius 1 is 1.35 bits per heavy atom. The van der Waals surface area contributed by atoms with Gasteiger partial charge in [-0.2, -0.15) is 0 Å². The number of thioether (sulfide) groups is 1. The van der Waals surface area contributed by atoms with Gasteiger partial charge in [0.25, 0.3) is 5.91 Å². The summed E-state index contributed by atoms with van der Waals surface area (Å²) in [6, 6.07) is 6.96. The topological polar surface area (TPSA) is 78.5 Å². The Bertz CT molecular complexity index is 656. The number of rotatable bonds is 4. The van der Waals surface area contributed by atoms with E-state index in [9.17, 15) is 14.4 Å². The molecule has 2 fully saturated rings. The van der Waals surface area contributed by atoms with E-state index in [-0.39, 0.29) is 18.4 Å². The molecule has 1 heterocycles. The zero-order chi connectivity index (χ0) is 16.4. The van der Waals surface area contributed by atoms with Gasteiger partial charge in [-0.1, -0.05) is 18.9 Å². The Kier molecular flexibility index (Phi) is 4.30. The standard InChI is InChI=1S/C16H19N3O3S/c1-23-12-6-4-5-11(9-12)17-13(20)10-19-14(21)16(18-15(19)22)7-2-3-8-16/h4-6,9H,2-3,7-8,10H2,1H3,(H,17,20)(H,18,22). The van der Waals surface area contributed by atoms with Crippen molar-refractivity contribution in [3.63, 3.8) is 0 Å². The molecule has 1 aromatic carbocycles. The molecule has 3 rings (SSSR count). The molecule has 1 saturated carbocycles. The van der Waals surface area contributed by atoms with Crippen LogP contribution in [0.15, 0.2) is 29.2 Å². The SMILES string of the molecule is CSc1cccc(NC(=O)CN2C(=O)NC3(CCCC3)C2=O)c1. The molecule has 1 saturated heterocycles. The van der Waals surface area contributed by atoms with Crippen molar-refractivity contribution in [2.45, 2.75) is 36.1 Å². The van der Waals surface area contributed by atoms with Crippen molar-refractivity contribution in [2.75, 3.05) is 18.1 Å². The first-order valence-electron chi connectivity index (χ1n) is 7.62. The Morgan fingerprint density at radius 3 is 2.78 bits per heavy atom. The average Bonchev–Trinajstić information content (AvgIpc) is 3.09. The molecule has 0 unspecified atom stereocenters. The lowest BCUT2D eigenvalue weighted by Crippen LogP contribution is -2.44. The highest BCUT2D eigenvalue weighted by molar-refractivity contribution is 7.98. The van der Waals surface area contributed by atoms with Crippen LogP contribution in [-0.4, -0.2) is 41.1 Å². The lowest BCUT2D eigenvalue weighted by molar-refractivity contribution is -0.133. The van der Waals surface area contributed by atoms with Crippen LogP contribution in [0.5, 0.6) is 0 Å². The summed E-state index contributed by atoms with van der Waals surface area (Å²) in [6.07, 6.45) is 5.12. The number of urea groups is 1. The lowest BCUT2D eigenvalue weighted by Gasteiger charge is -2.19. The van der Waals surface area contributed by atoms with Gasteiger partial charge in [0.05, 0.1) is 0 Å². The molecule has 4 amide bonds. The molecule has 2 N–H and O–H groups in total. The maximum Gasteiger partial charge on any atom is 0.325 e. The molecule has 1 spiro atoms. The average molecular weight is 333 g/mol. The van der Waals surface area contributed by atoms with Gasteiger partial charge in [0.1, 0.15) is 12.1 Å². The van der Waals surface area contributed by atoms with Crippen molar-refractivity contribution in [3.8, 4) is 0 Å². The number of imide groups is 1. The zero-order valence-corrected chi connectivity index (χ0v) is 13.7. The largest absolute Gasteiger partial charge is 0.325 e. The quantitative estimate of drug-likeness (QED) is 0.654. The van der Waals surface area contributed by atoms with Crippen LogP contribution in [0.2, 0.25) is 0 Å². The molecular weight excluding hydrogens is 314 g/mol. The van der Waals surface area contributed by atoms with E-state index >= 15 is 0 Å². The molecule has 6 nitrogen and oxygen atoms in total. The Labute approximate surface area is 139 Å². The number of benzene rings is 1. The van der Waals surface area contributed by atoms with Crippen LogP contribution >= 0.6 is 11.8 Å². The van der Waals surface area contributed by atoms with Crippen molar-refractivity contribution in [1.82, 2.24) is 10.2 Å². The number of nitrogens with one attached hydrogen (secondary N) is 2. The van der Waals surface area contributed by atoms with E-state index in [1.807, 2.05) is 24.5 Å². The maximum absolute atomic E-state index is 12.5. The molecule has 23 heavy (non-hydrogen) atoms. The number of carbonyl (C=O) groups excluding carboxylic acids is 3. The monoisotopic (exact) mass is 333 g/mol. The highest BCUT2D eigenvalue weighted by Crippen LogP contribution is 2.34. The number of amides is 4. The number of hydrogen-bond donors (Lipinski definition) is 2. The molecule has 0 bridgehead atoms. The maximum atomic E-state index is 12.5. The Morgan fingerprint density at radius 2 is 2.09 bits per heavy atom. The third-order valence-electron chi connectivity index (χ3n) is 4.36. The third-order valence-corrected chi connectivity index (χ3v) is 5.08.